The fourth-order valence-corrected chi connectivity index (χ4v) is 1.90. The van der Waals surface area contributed by atoms with Crippen molar-refractivity contribution in [1.82, 2.24) is 0 Å². The Labute approximate surface area is 153 Å². The molecule has 0 heterocycles. The van der Waals surface area contributed by atoms with Gasteiger partial charge < -0.3 is 21.9 Å². The van der Waals surface area contributed by atoms with Crippen LogP contribution < -0.4 is 17.2 Å². The van der Waals surface area contributed by atoms with Gasteiger partial charge in [0.15, 0.2) is 0 Å². The molecule has 0 rings (SSSR count). The molecule has 0 aromatic heterocycles. The summed E-state index contributed by atoms with van der Waals surface area (Å²) in [5.74, 6) is -0.0516. The first-order chi connectivity index (χ1) is 11.7. The van der Waals surface area contributed by atoms with Gasteiger partial charge in [0.1, 0.15) is 5.84 Å². The van der Waals surface area contributed by atoms with Crippen molar-refractivity contribution >= 4 is 35.3 Å². The lowest BCUT2D eigenvalue weighted by molar-refractivity contribution is 0.208. The number of alkyl halides is 1. The minimum atomic E-state index is -1.14. The average Bonchev–Trinajstić information content (AvgIpc) is 2.54. The number of carbonyl (C=O) groups excluding carboxylic acids is 1. The number of hydrogen-bond acceptors (Lipinski definition) is 5. The minimum Gasteiger partial charge on any atom is -0.388 e. The number of nitrogens with two attached hydrogens (primary N) is 3. The molecule has 140 valence electrons. The molecular formula is C16H27ClN6O2. The third-order valence-electron chi connectivity index (χ3n) is 2.90. The van der Waals surface area contributed by atoms with Gasteiger partial charge in [-0.25, -0.2) is 9.79 Å². The van der Waals surface area contributed by atoms with E-state index in [0.29, 0.717) is 18.2 Å². The van der Waals surface area contributed by atoms with E-state index in [1.165, 1.54) is 0 Å². The molecule has 9 heteroatoms. The lowest BCUT2D eigenvalue weighted by Gasteiger charge is -2.14. The molecule has 0 aliphatic carbocycles. The minimum absolute atomic E-state index is 0.0305. The van der Waals surface area contributed by atoms with Crippen molar-refractivity contribution in [2.24, 2.45) is 33.1 Å². The third-order valence-corrected chi connectivity index (χ3v) is 3.05. The van der Waals surface area contributed by atoms with Gasteiger partial charge in [-0.3, -0.25) is 10.4 Å². The predicted octanol–water partition coefficient (Wildman–Crippen LogP) is 1.93. The Morgan fingerprint density at radius 2 is 2.00 bits per heavy atom. The molecule has 0 aromatic carbocycles. The standard InChI is InChI=1S/C16H27ClN6O2/c1-4-12(11(7-8-17)6-5-10(2)3)22-15(23-13(19)9-18)14(20)25-16(21)24/h5-7,10,12,20H,4,8-9,18H2,1-3H3,(H2,21,24)(H2,19,22,23)/b6-5-,11-7+,20-14?. The molecular weight excluding hydrogens is 344 g/mol. The molecule has 25 heavy (non-hydrogen) atoms. The van der Waals surface area contributed by atoms with Crippen molar-refractivity contribution in [3.05, 3.63) is 23.8 Å². The molecule has 0 radical (unpaired) electrons. The summed E-state index contributed by atoms with van der Waals surface area (Å²) in [5.41, 5.74) is 16.8. The predicted molar refractivity (Wildman–Crippen MR) is 103 cm³/mol. The van der Waals surface area contributed by atoms with Crippen LogP contribution in [0.2, 0.25) is 0 Å². The number of primary amides is 1. The first-order valence-corrected chi connectivity index (χ1v) is 8.39. The van der Waals surface area contributed by atoms with Crippen LogP contribution >= 0.6 is 11.6 Å². The maximum absolute atomic E-state index is 10.9. The third kappa shape index (κ3) is 9.63. The number of ether oxygens (including phenoxy) is 1. The summed E-state index contributed by atoms with van der Waals surface area (Å²) in [4.78, 5) is 19.2. The maximum atomic E-state index is 10.9. The van der Waals surface area contributed by atoms with Crippen LogP contribution in [0.3, 0.4) is 0 Å². The van der Waals surface area contributed by atoms with Crippen LogP contribution in [0.5, 0.6) is 0 Å². The molecule has 0 bridgehead atoms. The Kier molecular flexibility index (Phi) is 11.1. The van der Waals surface area contributed by atoms with Gasteiger partial charge in [-0.2, -0.15) is 0 Å². The smallest absolute Gasteiger partial charge is 0.388 e. The van der Waals surface area contributed by atoms with Gasteiger partial charge in [-0.05, 0) is 17.9 Å². The lowest BCUT2D eigenvalue weighted by atomic mass is 10.0. The van der Waals surface area contributed by atoms with E-state index in [2.05, 4.69) is 14.7 Å². The Morgan fingerprint density at radius 3 is 2.44 bits per heavy atom. The molecule has 0 aromatic rings. The first kappa shape index (κ1) is 22.8. The molecule has 1 unspecified atom stereocenters. The maximum Gasteiger partial charge on any atom is 0.411 e. The molecule has 0 saturated heterocycles. The Morgan fingerprint density at radius 1 is 1.36 bits per heavy atom. The average molecular weight is 371 g/mol. The van der Waals surface area contributed by atoms with Crippen LogP contribution in [0.4, 0.5) is 4.79 Å². The number of hydrogen-bond donors (Lipinski definition) is 4. The number of halogens is 1. The Hall–Kier alpha value is -2.19. The normalized spacial score (nSPS) is 14.9. The van der Waals surface area contributed by atoms with E-state index in [1.54, 1.807) is 0 Å². The van der Waals surface area contributed by atoms with Crippen LogP contribution in [0.25, 0.3) is 0 Å². The number of nitrogens with zero attached hydrogens (tertiary/aromatic N) is 2. The number of amides is 1. The highest BCUT2D eigenvalue weighted by atomic mass is 35.5. The van der Waals surface area contributed by atoms with Gasteiger partial charge in [-0.15, -0.1) is 11.6 Å². The molecule has 0 aliphatic heterocycles. The number of aliphatic imine (C=N–C) groups is 2. The van der Waals surface area contributed by atoms with Crippen molar-refractivity contribution in [2.45, 2.75) is 33.2 Å². The van der Waals surface area contributed by atoms with Crippen molar-refractivity contribution in [2.75, 3.05) is 12.4 Å². The van der Waals surface area contributed by atoms with Gasteiger partial charge in [0, 0.05) is 5.88 Å². The second-order valence-electron chi connectivity index (χ2n) is 5.40. The lowest BCUT2D eigenvalue weighted by Crippen LogP contribution is -2.29. The molecule has 0 spiro atoms. The van der Waals surface area contributed by atoms with E-state index in [9.17, 15) is 4.79 Å². The molecule has 1 atom stereocenters. The largest absolute Gasteiger partial charge is 0.411 e. The SMILES string of the molecule is CCC(/N=C(\N=C(\N)CN)C(=N)OC(N)=O)C(/C=C\C(C)C)=C/CCl. The second-order valence-corrected chi connectivity index (χ2v) is 5.70. The zero-order valence-electron chi connectivity index (χ0n) is 14.8. The summed E-state index contributed by atoms with van der Waals surface area (Å²) in [6.45, 7) is 5.99. The van der Waals surface area contributed by atoms with E-state index >= 15 is 0 Å². The summed E-state index contributed by atoms with van der Waals surface area (Å²) in [6.07, 6.45) is 5.24. The van der Waals surface area contributed by atoms with Crippen molar-refractivity contribution in [3.8, 4) is 0 Å². The van der Waals surface area contributed by atoms with Crippen LogP contribution in [0.15, 0.2) is 33.8 Å². The molecule has 1 amide bonds. The molecule has 0 aliphatic rings. The summed E-state index contributed by atoms with van der Waals surface area (Å²) in [5, 5.41) is 7.81. The number of carbonyl (C=O) groups is 1. The number of nitrogens with one attached hydrogen (secondary N) is 1. The summed E-state index contributed by atoms with van der Waals surface area (Å²) in [6, 6.07) is -0.352. The van der Waals surface area contributed by atoms with Crippen molar-refractivity contribution < 1.29 is 9.53 Å². The van der Waals surface area contributed by atoms with Crippen LogP contribution in [-0.4, -0.2) is 42.1 Å². The van der Waals surface area contributed by atoms with Gasteiger partial charge in [0.25, 0.3) is 5.90 Å². The zero-order chi connectivity index (χ0) is 19.4. The van der Waals surface area contributed by atoms with Crippen molar-refractivity contribution in [1.29, 1.82) is 5.41 Å². The quantitative estimate of drug-likeness (QED) is 0.234. The van der Waals surface area contributed by atoms with Gasteiger partial charge in [0.05, 0.1) is 12.6 Å². The second kappa shape index (κ2) is 12.2. The van der Waals surface area contributed by atoms with E-state index in [0.717, 1.165) is 5.57 Å². The van der Waals surface area contributed by atoms with Crippen LogP contribution in [-0.2, 0) is 4.74 Å². The summed E-state index contributed by atoms with van der Waals surface area (Å²) in [7, 11) is 0. The molecule has 8 nitrogen and oxygen atoms in total. The number of amidine groups is 2. The number of allylic oxidation sites excluding steroid dienone is 2. The fourth-order valence-electron chi connectivity index (χ4n) is 1.72. The van der Waals surface area contributed by atoms with E-state index in [-0.39, 0.29) is 24.3 Å². The highest BCUT2D eigenvalue weighted by Gasteiger charge is 2.16. The summed E-state index contributed by atoms with van der Waals surface area (Å²) >= 11 is 5.84. The summed E-state index contributed by atoms with van der Waals surface area (Å²) < 4.78 is 4.57. The van der Waals surface area contributed by atoms with Crippen LogP contribution in [0, 0.1) is 11.3 Å². The molecule has 7 N–H and O–H groups in total. The van der Waals surface area contributed by atoms with Crippen molar-refractivity contribution in [3.63, 3.8) is 0 Å². The van der Waals surface area contributed by atoms with E-state index in [1.807, 2.05) is 39.0 Å². The molecule has 0 fully saturated rings. The molecule has 0 saturated carbocycles. The number of rotatable bonds is 7. The fraction of sp³-hybridized carbons (Fsp3) is 0.500. The van der Waals surface area contributed by atoms with E-state index < -0.39 is 12.0 Å². The topological polar surface area (TPSA) is 153 Å². The Balaban J connectivity index is 5.89. The highest BCUT2D eigenvalue weighted by Crippen LogP contribution is 2.15. The van der Waals surface area contributed by atoms with Gasteiger partial charge >= 0.3 is 6.09 Å². The van der Waals surface area contributed by atoms with Gasteiger partial charge in [-0.1, -0.05) is 39.0 Å². The monoisotopic (exact) mass is 370 g/mol. The highest BCUT2D eigenvalue weighted by molar-refractivity contribution is 6.40. The Bertz CT molecular complexity index is 581. The first-order valence-electron chi connectivity index (χ1n) is 7.86. The van der Waals surface area contributed by atoms with Gasteiger partial charge in [0.2, 0.25) is 5.84 Å². The van der Waals surface area contributed by atoms with Crippen LogP contribution in [0.1, 0.15) is 27.2 Å². The zero-order valence-corrected chi connectivity index (χ0v) is 15.6. The van der Waals surface area contributed by atoms with E-state index in [4.69, 9.17) is 34.2 Å².